The van der Waals surface area contributed by atoms with Crippen molar-refractivity contribution in [3.8, 4) is 6.07 Å². The lowest BCUT2D eigenvalue weighted by Crippen LogP contribution is -2.38. The molecule has 0 aromatic heterocycles. The molecule has 0 aromatic carbocycles. The fraction of sp³-hybridized carbons (Fsp3) is 0.727. The standard InChI is InChI=1S/C11H17ClN2/c1-10(7-12)8-14-5-3-11(2,9-13)4-6-14/h7H,3-6,8H2,1-2H3. The van der Waals surface area contributed by atoms with Crippen LogP contribution in [0.5, 0.6) is 0 Å². The van der Waals surface area contributed by atoms with Crippen molar-refractivity contribution in [2.75, 3.05) is 19.6 Å². The SMILES string of the molecule is CC(=CCl)CN1CCC(C)(C#N)CC1. The molecule has 1 fully saturated rings. The van der Waals surface area contributed by atoms with Crippen molar-refractivity contribution in [2.45, 2.75) is 26.7 Å². The summed E-state index contributed by atoms with van der Waals surface area (Å²) >= 11 is 5.61. The summed E-state index contributed by atoms with van der Waals surface area (Å²) in [4.78, 5) is 2.35. The van der Waals surface area contributed by atoms with Crippen LogP contribution in [0.3, 0.4) is 0 Å². The van der Waals surface area contributed by atoms with Gasteiger partial charge < -0.3 is 0 Å². The quantitative estimate of drug-likeness (QED) is 0.704. The van der Waals surface area contributed by atoms with E-state index >= 15 is 0 Å². The van der Waals surface area contributed by atoms with Gasteiger partial charge in [-0.15, -0.1) is 0 Å². The second-order valence-electron chi connectivity index (χ2n) is 4.40. The topological polar surface area (TPSA) is 27.0 Å². The monoisotopic (exact) mass is 212 g/mol. The Balaban J connectivity index is 2.41. The smallest absolute Gasteiger partial charge is 0.0687 e. The van der Waals surface area contributed by atoms with Gasteiger partial charge in [0.2, 0.25) is 0 Å². The molecule has 1 aliphatic rings. The molecule has 14 heavy (non-hydrogen) atoms. The van der Waals surface area contributed by atoms with E-state index in [2.05, 4.69) is 17.9 Å². The highest BCUT2D eigenvalue weighted by Gasteiger charge is 2.29. The zero-order valence-electron chi connectivity index (χ0n) is 8.89. The van der Waals surface area contributed by atoms with Crippen molar-refractivity contribution in [3.05, 3.63) is 11.1 Å². The average Bonchev–Trinajstić information content (AvgIpc) is 2.21. The molecule has 0 aromatic rings. The average molecular weight is 213 g/mol. The van der Waals surface area contributed by atoms with E-state index in [9.17, 15) is 0 Å². The molecule has 0 amide bonds. The Morgan fingerprint density at radius 3 is 2.57 bits per heavy atom. The maximum absolute atomic E-state index is 8.96. The van der Waals surface area contributed by atoms with Gasteiger partial charge in [-0.05, 0) is 45.4 Å². The summed E-state index contributed by atoms with van der Waals surface area (Å²) in [7, 11) is 0. The zero-order valence-corrected chi connectivity index (χ0v) is 9.64. The summed E-state index contributed by atoms with van der Waals surface area (Å²) < 4.78 is 0. The lowest BCUT2D eigenvalue weighted by molar-refractivity contribution is 0.167. The first-order valence-corrected chi connectivity index (χ1v) is 5.43. The molecule has 1 saturated heterocycles. The molecular weight excluding hydrogens is 196 g/mol. The van der Waals surface area contributed by atoms with Crippen molar-refractivity contribution < 1.29 is 0 Å². The molecule has 0 bridgehead atoms. The molecular formula is C11H17ClN2. The first-order chi connectivity index (χ1) is 6.59. The molecule has 0 unspecified atom stereocenters. The Kier molecular flexibility index (Phi) is 3.97. The van der Waals surface area contributed by atoms with E-state index in [-0.39, 0.29) is 5.41 Å². The van der Waals surface area contributed by atoms with E-state index in [0.717, 1.165) is 32.5 Å². The molecule has 78 valence electrons. The van der Waals surface area contributed by atoms with Gasteiger partial charge in [-0.2, -0.15) is 5.26 Å². The third-order valence-electron chi connectivity index (χ3n) is 2.89. The highest BCUT2D eigenvalue weighted by molar-refractivity contribution is 6.25. The third kappa shape index (κ3) is 3.01. The highest BCUT2D eigenvalue weighted by Crippen LogP contribution is 2.29. The molecule has 1 rings (SSSR count). The number of halogens is 1. The van der Waals surface area contributed by atoms with Crippen LogP contribution in [-0.4, -0.2) is 24.5 Å². The van der Waals surface area contributed by atoms with Crippen LogP contribution in [-0.2, 0) is 0 Å². The summed E-state index contributed by atoms with van der Waals surface area (Å²) in [6.45, 7) is 7.03. The summed E-state index contributed by atoms with van der Waals surface area (Å²) in [6.07, 6.45) is 1.94. The van der Waals surface area contributed by atoms with Crippen LogP contribution in [0.1, 0.15) is 26.7 Å². The molecule has 0 atom stereocenters. The predicted molar refractivity (Wildman–Crippen MR) is 59.0 cm³/mol. The Morgan fingerprint density at radius 1 is 1.57 bits per heavy atom. The van der Waals surface area contributed by atoms with Crippen LogP contribution in [0.2, 0.25) is 0 Å². The second kappa shape index (κ2) is 4.82. The minimum absolute atomic E-state index is 0.102. The van der Waals surface area contributed by atoms with Crippen molar-refractivity contribution in [1.82, 2.24) is 4.90 Å². The Morgan fingerprint density at radius 2 is 2.14 bits per heavy atom. The van der Waals surface area contributed by atoms with E-state index < -0.39 is 0 Å². The molecule has 2 nitrogen and oxygen atoms in total. The van der Waals surface area contributed by atoms with Crippen molar-refractivity contribution in [2.24, 2.45) is 5.41 Å². The number of rotatable bonds is 2. The van der Waals surface area contributed by atoms with Crippen LogP contribution in [0.15, 0.2) is 11.1 Å². The van der Waals surface area contributed by atoms with Crippen molar-refractivity contribution in [1.29, 1.82) is 5.26 Å². The number of hydrogen-bond donors (Lipinski definition) is 0. The molecule has 1 aliphatic heterocycles. The van der Waals surface area contributed by atoms with Crippen LogP contribution in [0.25, 0.3) is 0 Å². The Bertz CT molecular complexity index is 257. The fourth-order valence-corrected chi connectivity index (χ4v) is 1.77. The normalized spacial score (nSPS) is 23.1. The highest BCUT2D eigenvalue weighted by atomic mass is 35.5. The van der Waals surface area contributed by atoms with Crippen LogP contribution in [0.4, 0.5) is 0 Å². The van der Waals surface area contributed by atoms with Gasteiger partial charge in [0.15, 0.2) is 0 Å². The van der Waals surface area contributed by atoms with Gasteiger partial charge in [0.05, 0.1) is 11.5 Å². The zero-order chi connectivity index (χ0) is 10.6. The van der Waals surface area contributed by atoms with Crippen LogP contribution < -0.4 is 0 Å². The second-order valence-corrected chi connectivity index (χ2v) is 4.62. The van der Waals surface area contributed by atoms with Gasteiger partial charge in [-0.3, -0.25) is 4.90 Å². The van der Waals surface area contributed by atoms with Gasteiger partial charge >= 0.3 is 0 Å². The minimum Gasteiger partial charge on any atom is -0.299 e. The number of piperidine rings is 1. The Labute approximate surface area is 91.1 Å². The van der Waals surface area contributed by atoms with E-state index in [0.29, 0.717) is 0 Å². The molecule has 0 aliphatic carbocycles. The third-order valence-corrected chi connectivity index (χ3v) is 3.26. The van der Waals surface area contributed by atoms with E-state index in [4.69, 9.17) is 16.9 Å². The molecule has 1 heterocycles. The first kappa shape index (κ1) is 11.6. The Hall–Kier alpha value is -0.520. The van der Waals surface area contributed by atoms with E-state index in [1.54, 1.807) is 5.54 Å². The predicted octanol–water partition coefficient (Wildman–Crippen LogP) is 2.75. The van der Waals surface area contributed by atoms with Gasteiger partial charge in [-0.1, -0.05) is 11.6 Å². The molecule has 0 N–H and O–H groups in total. The van der Waals surface area contributed by atoms with Crippen LogP contribution in [0, 0.1) is 16.7 Å². The van der Waals surface area contributed by atoms with Gasteiger partial charge in [0.25, 0.3) is 0 Å². The minimum atomic E-state index is -0.102. The van der Waals surface area contributed by atoms with Crippen molar-refractivity contribution >= 4 is 11.6 Å². The van der Waals surface area contributed by atoms with Gasteiger partial charge in [-0.25, -0.2) is 0 Å². The summed E-state index contributed by atoms with van der Waals surface area (Å²) in [5.74, 6) is 0. The van der Waals surface area contributed by atoms with Gasteiger partial charge in [0, 0.05) is 12.1 Å². The maximum atomic E-state index is 8.96. The molecule has 0 radical (unpaired) electrons. The summed E-state index contributed by atoms with van der Waals surface area (Å²) in [6, 6.07) is 2.40. The van der Waals surface area contributed by atoms with Gasteiger partial charge in [0.1, 0.15) is 0 Å². The van der Waals surface area contributed by atoms with E-state index in [1.165, 1.54) is 5.57 Å². The largest absolute Gasteiger partial charge is 0.299 e. The first-order valence-electron chi connectivity index (χ1n) is 4.99. The lowest BCUT2D eigenvalue weighted by Gasteiger charge is -2.34. The number of hydrogen-bond acceptors (Lipinski definition) is 2. The van der Waals surface area contributed by atoms with E-state index in [1.807, 2.05) is 6.92 Å². The summed E-state index contributed by atoms with van der Waals surface area (Å²) in [5.41, 5.74) is 2.72. The molecule has 0 spiro atoms. The number of nitriles is 1. The maximum Gasteiger partial charge on any atom is 0.0687 e. The van der Waals surface area contributed by atoms with Crippen molar-refractivity contribution in [3.63, 3.8) is 0 Å². The number of likely N-dealkylation sites (tertiary alicyclic amines) is 1. The molecule has 3 heteroatoms. The van der Waals surface area contributed by atoms with Crippen LogP contribution >= 0.6 is 11.6 Å². The lowest BCUT2D eigenvalue weighted by atomic mass is 9.82. The molecule has 0 saturated carbocycles. The summed E-state index contributed by atoms with van der Waals surface area (Å²) in [5, 5.41) is 8.96. The number of nitrogens with zero attached hydrogens (tertiary/aromatic N) is 2. The fourth-order valence-electron chi connectivity index (χ4n) is 1.70.